The molecule has 5 rings (SSSR count). The number of aliphatic hydroxyl groups is 3. The summed E-state index contributed by atoms with van der Waals surface area (Å²) in [6.07, 6.45) is 1.31. The monoisotopic (exact) mass is 575 g/mol. The number of amides is 1. The first-order valence-corrected chi connectivity index (χ1v) is 14.1. The Balaban J connectivity index is 1.64. The molecule has 4 atom stereocenters. The van der Waals surface area contributed by atoms with Crippen molar-refractivity contribution in [2.24, 2.45) is 17.6 Å². The van der Waals surface area contributed by atoms with Crippen LogP contribution >= 0.6 is 0 Å². The van der Waals surface area contributed by atoms with Crippen LogP contribution in [0.15, 0.2) is 59.1 Å². The first-order chi connectivity index (χ1) is 19.8. The van der Waals surface area contributed by atoms with Crippen molar-refractivity contribution in [3.63, 3.8) is 0 Å². The molecule has 0 unspecified atom stereocenters. The minimum Gasteiger partial charge on any atom is -0.510 e. The number of phenolic OH excluding ortho intramolecular Hbond substituents is 1. The minimum absolute atomic E-state index is 0.00165. The molecule has 2 aromatic rings. The molecule has 2 aromatic carbocycles. The number of allylic oxidation sites excluding steroid dienone is 1. The molecule has 3 aliphatic rings. The van der Waals surface area contributed by atoms with Gasteiger partial charge in [-0.3, -0.25) is 19.3 Å². The second kappa shape index (κ2) is 10.7. The number of hydrogen-bond acceptors (Lipinski definition) is 9. The Labute approximate surface area is 244 Å². The molecule has 222 valence electrons. The Bertz CT molecular complexity index is 1560. The molecule has 0 saturated heterocycles. The van der Waals surface area contributed by atoms with Crippen molar-refractivity contribution in [2.45, 2.75) is 44.4 Å². The van der Waals surface area contributed by atoms with Gasteiger partial charge >= 0.3 is 0 Å². The first-order valence-electron chi connectivity index (χ1n) is 14.1. The van der Waals surface area contributed by atoms with E-state index in [1.807, 2.05) is 18.2 Å². The number of fused-ring (bicyclic) bond motifs is 3. The van der Waals surface area contributed by atoms with Gasteiger partial charge in [0.25, 0.3) is 5.91 Å². The van der Waals surface area contributed by atoms with Crippen molar-refractivity contribution in [1.29, 1.82) is 0 Å². The van der Waals surface area contributed by atoms with Gasteiger partial charge in [0.1, 0.15) is 22.8 Å². The van der Waals surface area contributed by atoms with Crippen molar-refractivity contribution >= 4 is 17.5 Å². The number of likely N-dealkylation sites (N-methyl/N-ethyl adjacent to an activating group) is 1. The summed E-state index contributed by atoms with van der Waals surface area (Å²) in [5, 5.41) is 45.0. The van der Waals surface area contributed by atoms with Crippen LogP contribution in [0.3, 0.4) is 0 Å². The number of hydrogen-bond donors (Lipinski definition) is 5. The number of carbonyl (C=O) groups excluding carboxylic acids is 3. The highest BCUT2D eigenvalue weighted by Crippen LogP contribution is 2.53. The minimum atomic E-state index is -2.66. The zero-order valence-corrected chi connectivity index (χ0v) is 24.2. The Morgan fingerprint density at radius 2 is 1.81 bits per heavy atom. The predicted octanol–water partition coefficient (Wildman–Crippen LogP) is 2.63. The van der Waals surface area contributed by atoms with E-state index in [0.717, 1.165) is 36.2 Å². The first kappa shape index (κ1) is 29.5. The summed E-state index contributed by atoms with van der Waals surface area (Å²) in [4.78, 5) is 43.4. The van der Waals surface area contributed by atoms with Gasteiger partial charge in [0, 0.05) is 18.0 Å². The van der Waals surface area contributed by atoms with E-state index in [-0.39, 0.29) is 29.7 Å². The zero-order chi connectivity index (χ0) is 30.7. The number of rotatable bonds is 7. The largest absolute Gasteiger partial charge is 0.510 e. The van der Waals surface area contributed by atoms with Gasteiger partial charge in [-0.2, -0.15) is 0 Å². The normalized spacial score (nSPS) is 25.5. The van der Waals surface area contributed by atoms with Gasteiger partial charge in [0.15, 0.2) is 11.4 Å². The van der Waals surface area contributed by atoms with Crippen LogP contribution in [0.4, 0.5) is 0 Å². The van der Waals surface area contributed by atoms with Crippen LogP contribution in [0.1, 0.15) is 41.3 Å². The fourth-order valence-electron chi connectivity index (χ4n) is 7.13. The van der Waals surface area contributed by atoms with E-state index >= 15 is 0 Å². The Morgan fingerprint density at radius 3 is 2.45 bits per heavy atom. The summed E-state index contributed by atoms with van der Waals surface area (Å²) in [6, 6.07) is 10.2. The maximum Gasteiger partial charge on any atom is 0.255 e. The average molecular weight is 576 g/mol. The topological polar surface area (TPSA) is 165 Å². The quantitative estimate of drug-likeness (QED) is 0.312. The lowest BCUT2D eigenvalue weighted by Crippen LogP contribution is -2.63. The Hall–Kier alpha value is -3.99. The van der Waals surface area contributed by atoms with Crippen molar-refractivity contribution in [2.75, 3.05) is 27.7 Å². The summed E-state index contributed by atoms with van der Waals surface area (Å²) in [5.41, 5.74) is 5.08. The van der Waals surface area contributed by atoms with Gasteiger partial charge in [-0.25, -0.2) is 0 Å². The maximum atomic E-state index is 14.0. The lowest BCUT2D eigenvalue weighted by atomic mass is 9.58. The van der Waals surface area contributed by atoms with Gasteiger partial charge in [-0.05, 0) is 87.3 Å². The summed E-state index contributed by atoms with van der Waals surface area (Å²) in [7, 11) is 5.26. The third kappa shape index (κ3) is 4.41. The molecule has 0 spiro atoms. The molecule has 0 bridgehead atoms. The van der Waals surface area contributed by atoms with E-state index in [4.69, 9.17) is 5.73 Å². The van der Waals surface area contributed by atoms with Crippen LogP contribution in [-0.2, 0) is 22.6 Å². The number of Topliss-reactive ketones (excluding diaryl/α,β-unsaturated/α-hetero) is 2. The second-order valence-corrected chi connectivity index (χ2v) is 11.9. The summed E-state index contributed by atoms with van der Waals surface area (Å²) >= 11 is 0. The van der Waals surface area contributed by atoms with E-state index in [1.165, 1.54) is 11.0 Å². The van der Waals surface area contributed by atoms with Crippen molar-refractivity contribution in [3.8, 4) is 16.9 Å². The maximum absolute atomic E-state index is 14.0. The molecule has 0 aromatic heterocycles. The summed E-state index contributed by atoms with van der Waals surface area (Å²) < 4.78 is 0. The molecular formula is C32H37N3O7. The Morgan fingerprint density at radius 1 is 1.10 bits per heavy atom. The van der Waals surface area contributed by atoms with Crippen LogP contribution < -0.4 is 5.73 Å². The van der Waals surface area contributed by atoms with Crippen molar-refractivity contribution in [1.82, 2.24) is 9.80 Å². The number of nitrogens with zero attached hydrogens (tertiary/aromatic N) is 2. The fraction of sp³-hybridized carbons (Fsp3) is 0.406. The van der Waals surface area contributed by atoms with Crippen LogP contribution in [0.25, 0.3) is 11.1 Å². The standard InChI is InChI=1S/C32H37N3O7/c1-5-11-35(4)15-16-7-6-8-17(12-16)19-9-10-22(36)24-20(19)13-18-14-21-26(34(2)3)28(38)25(31(33)41)30(40)32(21,42)29(39)23(18)27(24)37/h6-10,12,18,21,26,36,38-39,42H,5,11,13-15H2,1-4H3,(H2,33,41)/t18-,21-,26-,32-/m0/s1. The molecule has 42 heavy (non-hydrogen) atoms. The third-order valence-electron chi connectivity index (χ3n) is 8.90. The summed E-state index contributed by atoms with van der Waals surface area (Å²) in [6.45, 7) is 3.82. The van der Waals surface area contributed by atoms with Gasteiger partial charge < -0.3 is 31.1 Å². The SMILES string of the molecule is CCCN(C)Cc1cccc(-c2ccc(O)c3c2C[C@H]2C[C@H]4[C@H](N(C)C)C(O)=C(C(N)=O)C(=O)[C@@]4(O)C(O)=C2C3=O)c1. The molecule has 0 aliphatic heterocycles. The van der Waals surface area contributed by atoms with Crippen molar-refractivity contribution in [3.05, 3.63) is 75.8 Å². The van der Waals surface area contributed by atoms with E-state index in [9.17, 15) is 34.8 Å². The number of nitrogens with two attached hydrogens (primary N) is 1. The van der Waals surface area contributed by atoms with E-state index in [1.54, 1.807) is 20.2 Å². The molecule has 0 saturated carbocycles. The average Bonchev–Trinajstić information content (AvgIpc) is 2.90. The lowest BCUT2D eigenvalue weighted by molar-refractivity contribution is -0.148. The molecule has 0 radical (unpaired) electrons. The van der Waals surface area contributed by atoms with E-state index in [0.29, 0.717) is 5.56 Å². The molecule has 0 heterocycles. The number of carbonyl (C=O) groups is 3. The van der Waals surface area contributed by atoms with Crippen LogP contribution in [0.2, 0.25) is 0 Å². The molecular weight excluding hydrogens is 538 g/mol. The predicted molar refractivity (Wildman–Crippen MR) is 156 cm³/mol. The van der Waals surface area contributed by atoms with Crippen LogP contribution in [0, 0.1) is 11.8 Å². The molecule has 6 N–H and O–H groups in total. The number of ketones is 2. The second-order valence-electron chi connectivity index (χ2n) is 11.9. The third-order valence-corrected chi connectivity index (χ3v) is 8.90. The molecule has 10 nitrogen and oxygen atoms in total. The highest BCUT2D eigenvalue weighted by molar-refractivity contribution is 6.24. The van der Waals surface area contributed by atoms with Crippen LogP contribution in [-0.4, -0.2) is 87.0 Å². The highest BCUT2D eigenvalue weighted by Gasteiger charge is 2.63. The van der Waals surface area contributed by atoms with E-state index < -0.39 is 58.0 Å². The number of benzene rings is 2. The van der Waals surface area contributed by atoms with Crippen LogP contribution in [0.5, 0.6) is 5.75 Å². The van der Waals surface area contributed by atoms with Gasteiger partial charge in [0.05, 0.1) is 11.6 Å². The molecule has 0 fully saturated rings. The zero-order valence-electron chi connectivity index (χ0n) is 24.2. The van der Waals surface area contributed by atoms with Crippen molar-refractivity contribution < 1.29 is 34.8 Å². The smallest absolute Gasteiger partial charge is 0.255 e. The lowest BCUT2D eigenvalue weighted by Gasteiger charge is -2.50. The molecule has 10 heteroatoms. The number of aromatic hydroxyl groups is 1. The molecule has 1 amide bonds. The van der Waals surface area contributed by atoms with Gasteiger partial charge in [-0.15, -0.1) is 0 Å². The number of aliphatic hydroxyl groups excluding tert-OH is 2. The van der Waals surface area contributed by atoms with Gasteiger partial charge in [-0.1, -0.05) is 31.2 Å². The fourth-order valence-corrected chi connectivity index (χ4v) is 7.13. The van der Waals surface area contributed by atoms with Gasteiger partial charge in [0.2, 0.25) is 5.78 Å². The molecule has 3 aliphatic carbocycles. The number of phenols is 1. The van der Waals surface area contributed by atoms with E-state index in [2.05, 4.69) is 24.9 Å². The summed E-state index contributed by atoms with van der Waals surface area (Å²) in [5.74, 6) is -6.62. The highest BCUT2D eigenvalue weighted by atomic mass is 16.3. The Kier molecular flexibility index (Phi) is 7.51. The number of primary amides is 1.